The maximum atomic E-state index is 5.95. The zero-order chi connectivity index (χ0) is 14.8. The van der Waals surface area contributed by atoms with Crippen LogP contribution in [0.2, 0.25) is 0 Å². The molecule has 1 aromatic rings. The lowest BCUT2D eigenvalue weighted by Gasteiger charge is -2.16. The van der Waals surface area contributed by atoms with Crippen molar-refractivity contribution in [2.45, 2.75) is 26.3 Å². The molecule has 0 aromatic heterocycles. The molecule has 0 saturated heterocycles. The van der Waals surface area contributed by atoms with Gasteiger partial charge in [0.05, 0.1) is 13.7 Å². The molecule has 114 valence electrons. The number of rotatable bonds is 10. The van der Waals surface area contributed by atoms with E-state index in [1.54, 1.807) is 7.11 Å². The summed E-state index contributed by atoms with van der Waals surface area (Å²) in [6.07, 6.45) is 2.13. The Balaban J connectivity index is 2.63. The summed E-state index contributed by atoms with van der Waals surface area (Å²) < 4.78 is 11.4. The predicted molar refractivity (Wildman–Crippen MR) is 83.7 cm³/mol. The van der Waals surface area contributed by atoms with Gasteiger partial charge in [0.1, 0.15) is 0 Å². The van der Waals surface area contributed by atoms with Crippen LogP contribution >= 0.6 is 0 Å². The van der Waals surface area contributed by atoms with Crippen molar-refractivity contribution in [3.63, 3.8) is 0 Å². The molecule has 0 fully saturated rings. The summed E-state index contributed by atoms with van der Waals surface area (Å²) in [6, 6.07) is 6.05. The molecular weight excluding hydrogens is 252 g/mol. The maximum absolute atomic E-state index is 5.95. The molecule has 0 saturated carbocycles. The van der Waals surface area contributed by atoms with Crippen molar-refractivity contribution < 1.29 is 9.47 Å². The number of hydrogen-bond acceptors (Lipinski definition) is 4. The summed E-state index contributed by atoms with van der Waals surface area (Å²) in [6.45, 7) is 5.72. The highest BCUT2D eigenvalue weighted by molar-refractivity contribution is 5.46. The summed E-state index contributed by atoms with van der Waals surface area (Å²) in [4.78, 5) is 2.16. The minimum Gasteiger partial charge on any atom is -0.493 e. The van der Waals surface area contributed by atoms with Crippen LogP contribution in [0.5, 0.6) is 11.5 Å². The van der Waals surface area contributed by atoms with Gasteiger partial charge in [0.15, 0.2) is 11.5 Å². The average Bonchev–Trinajstić information content (AvgIpc) is 2.44. The first kappa shape index (κ1) is 16.8. The molecule has 0 radical (unpaired) electrons. The van der Waals surface area contributed by atoms with Crippen molar-refractivity contribution in [2.24, 2.45) is 0 Å². The Morgan fingerprint density at radius 1 is 1.25 bits per heavy atom. The quantitative estimate of drug-likeness (QED) is 0.668. The topological polar surface area (TPSA) is 33.7 Å². The predicted octanol–water partition coefficient (Wildman–Crippen LogP) is 2.53. The molecule has 4 heteroatoms. The summed E-state index contributed by atoms with van der Waals surface area (Å²) in [5, 5.41) is 3.41. The van der Waals surface area contributed by atoms with Gasteiger partial charge in [-0.1, -0.05) is 19.1 Å². The van der Waals surface area contributed by atoms with Crippen LogP contribution in [-0.2, 0) is 6.54 Å². The maximum Gasteiger partial charge on any atom is 0.165 e. The molecule has 0 spiro atoms. The van der Waals surface area contributed by atoms with Gasteiger partial charge >= 0.3 is 0 Å². The summed E-state index contributed by atoms with van der Waals surface area (Å²) >= 11 is 0. The van der Waals surface area contributed by atoms with E-state index < -0.39 is 0 Å². The number of para-hydroxylation sites is 1. The van der Waals surface area contributed by atoms with Crippen LogP contribution in [0.1, 0.15) is 25.3 Å². The van der Waals surface area contributed by atoms with Crippen LogP contribution in [0.3, 0.4) is 0 Å². The molecule has 20 heavy (non-hydrogen) atoms. The van der Waals surface area contributed by atoms with Gasteiger partial charge in [0, 0.05) is 18.7 Å². The van der Waals surface area contributed by atoms with Crippen LogP contribution in [-0.4, -0.2) is 45.8 Å². The fourth-order valence-corrected chi connectivity index (χ4v) is 1.98. The van der Waals surface area contributed by atoms with Crippen LogP contribution in [0.15, 0.2) is 18.2 Å². The van der Waals surface area contributed by atoms with E-state index in [2.05, 4.69) is 37.3 Å². The van der Waals surface area contributed by atoms with E-state index in [1.165, 1.54) is 0 Å². The minimum absolute atomic E-state index is 0.708. The molecule has 0 aliphatic carbocycles. The molecule has 0 heterocycles. The highest BCUT2D eigenvalue weighted by atomic mass is 16.5. The Labute approximate surface area is 123 Å². The monoisotopic (exact) mass is 280 g/mol. The third kappa shape index (κ3) is 5.80. The molecule has 0 aliphatic heterocycles. The fourth-order valence-electron chi connectivity index (χ4n) is 1.98. The first-order chi connectivity index (χ1) is 9.69. The molecule has 4 nitrogen and oxygen atoms in total. The Kier molecular flexibility index (Phi) is 8.07. The molecule has 0 amide bonds. The summed E-state index contributed by atoms with van der Waals surface area (Å²) in [5.74, 6) is 1.68. The number of nitrogens with one attached hydrogen (secondary N) is 1. The summed E-state index contributed by atoms with van der Waals surface area (Å²) in [7, 11) is 5.83. The number of hydrogen-bond donors (Lipinski definition) is 1. The van der Waals surface area contributed by atoms with Crippen LogP contribution in [0, 0.1) is 0 Å². The zero-order valence-corrected chi connectivity index (χ0v) is 13.2. The van der Waals surface area contributed by atoms with Crippen molar-refractivity contribution in [1.29, 1.82) is 0 Å². The van der Waals surface area contributed by atoms with Gasteiger partial charge < -0.3 is 19.7 Å². The lowest BCUT2D eigenvalue weighted by molar-refractivity contribution is 0.265. The molecule has 0 unspecified atom stereocenters. The number of ether oxygens (including phenoxy) is 2. The average molecular weight is 280 g/mol. The second-order valence-electron chi connectivity index (χ2n) is 5.13. The van der Waals surface area contributed by atoms with E-state index in [0.29, 0.717) is 6.61 Å². The molecule has 1 N–H and O–H groups in total. The van der Waals surface area contributed by atoms with Crippen molar-refractivity contribution >= 4 is 0 Å². The second kappa shape index (κ2) is 9.61. The van der Waals surface area contributed by atoms with Crippen molar-refractivity contribution in [2.75, 3.05) is 40.9 Å². The standard InChI is InChI=1S/C16H28N2O2/c1-5-10-17-13-14-8-6-9-15(19-4)16(14)20-12-7-11-18(2)3/h6,8-9,17H,5,7,10-13H2,1-4H3. The molecule has 0 aliphatic rings. The Morgan fingerprint density at radius 3 is 2.70 bits per heavy atom. The normalized spacial score (nSPS) is 10.8. The fraction of sp³-hybridized carbons (Fsp3) is 0.625. The lowest BCUT2D eigenvalue weighted by Crippen LogP contribution is -2.17. The minimum atomic E-state index is 0.708. The van der Waals surface area contributed by atoms with E-state index in [0.717, 1.165) is 49.5 Å². The van der Waals surface area contributed by atoms with Crippen LogP contribution < -0.4 is 14.8 Å². The first-order valence-corrected chi connectivity index (χ1v) is 7.33. The summed E-state index contributed by atoms with van der Waals surface area (Å²) in [5.41, 5.74) is 1.16. The van der Waals surface area contributed by atoms with E-state index in [-0.39, 0.29) is 0 Å². The van der Waals surface area contributed by atoms with Crippen LogP contribution in [0.4, 0.5) is 0 Å². The van der Waals surface area contributed by atoms with E-state index in [4.69, 9.17) is 9.47 Å². The van der Waals surface area contributed by atoms with Gasteiger partial charge in [-0.15, -0.1) is 0 Å². The highest BCUT2D eigenvalue weighted by Gasteiger charge is 2.10. The van der Waals surface area contributed by atoms with Gasteiger partial charge in [-0.25, -0.2) is 0 Å². The Morgan fingerprint density at radius 2 is 2.05 bits per heavy atom. The second-order valence-corrected chi connectivity index (χ2v) is 5.13. The zero-order valence-electron chi connectivity index (χ0n) is 13.2. The molecule has 0 bridgehead atoms. The van der Waals surface area contributed by atoms with Crippen molar-refractivity contribution in [1.82, 2.24) is 10.2 Å². The van der Waals surface area contributed by atoms with E-state index in [1.807, 2.05) is 12.1 Å². The van der Waals surface area contributed by atoms with Crippen molar-refractivity contribution in [3.05, 3.63) is 23.8 Å². The van der Waals surface area contributed by atoms with Gasteiger partial charge in [-0.3, -0.25) is 0 Å². The highest BCUT2D eigenvalue weighted by Crippen LogP contribution is 2.31. The SMILES string of the molecule is CCCNCc1cccc(OC)c1OCCCN(C)C. The molecule has 0 atom stereocenters. The smallest absolute Gasteiger partial charge is 0.165 e. The van der Waals surface area contributed by atoms with Crippen LogP contribution in [0.25, 0.3) is 0 Å². The number of nitrogens with zero attached hydrogens (tertiary/aromatic N) is 1. The lowest BCUT2D eigenvalue weighted by atomic mass is 10.2. The first-order valence-electron chi connectivity index (χ1n) is 7.33. The number of methoxy groups -OCH3 is 1. The van der Waals surface area contributed by atoms with Gasteiger partial charge in [-0.05, 0) is 39.5 Å². The van der Waals surface area contributed by atoms with E-state index >= 15 is 0 Å². The Bertz CT molecular complexity index is 381. The molecular formula is C16H28N2O2. The van der Waals surface area contributed by atoms with Gasteiger partial charge in [-0.2, -0.15) is 0 Å². The van der Waals surface area contributed by atoms with Gasteiger partial charge in [0.25, 0.3) is 0 Å². The van der Waals surface area contributed by atoms with Crippen molar-refractivity contribution in [3.8, 4) is 11.5 Å². The van der Waals surface area contributed by atoms with Gasteiger partial charge in [0.2, 0.25) is 0 Å². The molecule has 1 aromatic carbocycles. The Hall–Kier alpha value is -1.26. The number of benzene rings is 1. The van der Waals surface area contributed by atoms with E-state index in [9.17, 15) is 0 Å². The third-order valence-electron chi connectivity index (χ3n) is 3.02. The largest absolute Gasteiger partial charge is 0.493 e. The molecule has 1 rings (SSSR count). The third-order valence-corrected chi connectivity index (χ3v) is 3.02.